The van der Waals surface area contributed by atoms with Crippen LogP contribution in [0.3, 0.4) is 0 Å². The summed E-state index contributed by atoms with van der Waals surface area (Å²) in [6.45, 7) is 3.64. The molecule has 3 heterocycles. The first-order valence-corrected chi connectivity index (χ1v) is 11.6. The number of fused-ring (bicyclic) bond motifs is 1. The maximum Gasteiger partial charge on any atom is 0.475 e. The van der Waals surface area contributed by atoms with Gasteiger partial charge in [0.25, 0.3) is 0 Å². The number of esters is 1. The summed E-state index contributed by atoms with van der Waals surface area (Å²) >= 11 is 6.67. The lowest BCUT2D eigenvalue weighted by atomic mass is 9.99. The summed E-state index contributed by atoms with van der Waals surface area (Å²) in [4.78, 5) is 35.0. The molecular weight excluding hydrogens is 441 g/mol. The van der Waals surface area contributed by atoms with Crippen LogP contribution in [-0.2, 0) is 42.0 Å². The Morgan fingerprint density at radius 3 is 2.87 bits per heavy atom. The molecule has 0 saturated carbocycles. The quantitative estimate of drug-likeness (QED) is 0.175. The van der Waals surface area contributed by atoms with Crippen LogP contribution in [0.2, 0.25) is 0 Å². The Labute approximate surface area is 179 Å². The molecule has 2 saturated heterocycles. The van der Waals surface area contributed by atoms with Gasteiger partial charge in [-0.05, 0) is 32.8 Å². The molecule has 0 bridgehead atoms. The maximum atomic E-state index is 12.8. The number of amides is 1. The second-order valence-corrected chi connectivity index (χ2v) is 9.74. The Morgan fingerprint density at radius 1 is 1.40 bits per heavy atom. The van der Waals surface area contributed by atoms with E-state index in [4.69, 9.17) is 34.6 Å². The number of carbonyl (C=O) groups is 3. The topological polar surface area (TPSA) is 118 Å². The van der Waals surface area contributed by atoms with Crippen molar-refractivity contribution in [1.29, 1.82) is 0 Å². The van der Waals surface area contributed by atoms with E-state index in [1.165, 1.54) is 17.2 Å². The van der Waals surface area contributed by atoms with E-state index >= 15 is 0 Å². The van der Waals surface area contributed by atoms with Crippen LogP contribution in [0.15, 0.2) is 12.3 Å². The highest BCUT2D eigenvalue weighted by molar-refractivity contribution is 7.48. The fourth-order valence-electron chi connectivity index (χ4n) is 3.45. The van der Waals surface area contributed by atoms with Crippen LogP contribution >= 0.6 is 19.4 Å². The Bertz CT molecular complexity index is 771. The number of alkyl halides is 1. The lowest BCUT2D eigenvalue weighted by molar-refractivity contribution is -0.146. The van der Waals surface area contributed by atoms with Gasteiger partial charge in [0.05, 0.1) is 26.2 Å². The minimum atomic E-state index is -3.89. The standard InChI is InChI=1S/C18H25ClNO9P/c1-3-25-15(23)6-4-5-9-26-30(24)27-11-13-16(29-30)18(2,19)17(28-13)20-8-7-12(21)10-14(20)22/h7-8,13,16-17H,3-6,9-11H2,1-2H3/t13-,16-,17-,18-,30-/m1/s1. The number of carbonyl (C=O) groups excluding carboxylic acids is 3. The molecule has 0 N–H and O–H groups in total. The molecule has 168 valence electrons. The SMILES string of the molecule is CCOC(=O)CCCCO[P@]1(=O)OC[C@H]2O[C@@H](N3C=CC(=O)CC3=O)[C@](C)(Cl)[C@@H]2O1. The van der Waals surface area contributed by atoms with Gasteiger partial charge in [0, 0.05) is 12.6 Å². The van der Waals surface area contributed by atoms with Gasteiger partial charge >= 0.3 is 13.8 Å². The van der Waals surface area contributed by atoms with E-state index in [0.29, 0.717) is 19.4 Å². The fraction of sp³-hybridized carbons (Fsp3) is 0.722. The van der Waals surface area contributed by atoms with Gasteiger partial charge in [-0.15, -0.1) is 11.6 Å². The van der Waals surface area contributed by atoms with Crippen molar-refractivity contribution in [2.45, 2.75) is 62.8 Å². The van der Waals surface area contributed by atoms with Crippen molar-refractivity contribution in [2.24, 2.45) is 0 Å². The van der Waals surface area contributed by atoms with E-state index in [0.717, 1.165) is 0 Å². The predicted molar refractivity (Wildman–Crippen MR) is 103 cm³/mol. The molecule has 12 heteroatoms. The van der Waals surface area contributed by atoms with Gasteiger partial charge in [-0.2, -0.15) is 0 Å². The largest absolute Gasteiger partial charge is 0.475 e. The van der Waals surface area contributed by atoms with Gasteiger partial charge in [-0.3, -0.25) is 32.9 Å². The Balaban J connectivity index is 1.56. The minimum Gasteiger partial charge on any atom is -0.466 e. The fourth-order valence-corrected chi connectivity index (χ4v) is 5.36. The number of nitrogens with zero attached hydrogens (tertiary/aromatic N) is 1. The first-order chi connectivity index (χ1) is 14.2. The lowest BCUT2D eigenvalue weighted by Crippen LogP contribution is -2.51. The number of rotatable bonds is 8. The number of halogens is 1. The highest BCUT2D eigenvalue weighted by Gasteiger charge is 2.61. The summed E-state index contributed by atoms with van der Waals surface area (Å²) < 4.78 is 39.7. The molecule has 0 aromatic heterocycles. The van der Waals surface area contributed by atoms with Crippen LogP contribution < -0.4 is 0 Å². The number of hydrogen-bond donors (Lipinski definition) is 0. The van der Waals surface area contributed by atoms with Gasteiger partial charge in [-0.1, -0.05) is 0 Å². The first-order valence-electron chi connectivity index (χ1n) is 9.76. The Kier molecular flexibility index (Phi) is 7.37. The van der Waals surface area contributed by atoms with Crippen molar-refractivity contribution in [3.05, 3.63) is 12.3 Å². The molecular formula is C18H25ClNO9P. The molecule has 0 aliphatic carbocycles. The van der Waals surface area contributed by atoms with Crippen LogP contribution in [0.4, 0.5) is 0 Å². The summed E-state index contributed by atoms with van der Waals surface area (Å²) in [6, 6.07) is 0. The molecule has 30 heavy (non-hydrogen) atoms. The summed E-state index contributed by atoms with van der Waals surface area (Å²) in [6.07, 6.45) is 1.09. The number of hydrogen-bond acceptors (Lipinski definition) is 9. The second-order valence-electron chi connectivity index (χ2n) is 7.30. The van der Waals surface area contributed by atoms with Gasteiger partial charge < -0.3 is 9.47 Å². The van der Waals surface area contributed by atoms with Gasteiger partial charge in [0.15, 0.2) is 12.0 Å². The normalized spacial score (nSPS) is 36.1. The number of ketones is 1. The van der Waals surface area contributed by atoms with Gasteiger partial charge in [0.2, 0.25) is 5.91 Å². The third-order valence-electron chi connectivity index (χ3n) is 4.94. The summed E-state index contributed by atoms with van der Waals surface area (Å²) in [5.74, 6) is -1.05. The molecule has 0 spiro atoms. The van der Waals surface area contributed by atoms with E-state index in [9.17, 15) is 18.9 Å². The van der Waals surface area contributed by atoms with Crippen LogP contribution in [0.25, 0.3) is 0 Å². The number of allylic oxidation sites excluding steroid dienone is 1. The number of phosphoric acid groups is 1. The van der Waals surface area contributed by atoms with Crippen molar-refractivity contribution in [3.63, 3.8) is 0 Å². The van der Waals surface area contributed by atoms with E-state index < -0.39 is 37.0 Å². The Hall–Kier alpha value is -1.29. The van der Waals surface area contributed by atoms with Crippen molar-refractivity contribution >= 4 is 37.1 Å². The van der Waals surface area contributed by atoms with Crippen LogP contribution in [-0.4, -0.2) is 65.7 Å². The first kappa shape index (κ1) is 23.4. The molecule has 3 aliphatic heterocycles. The molecule has 0 aromatic rings. The Morgan fingerprint density at radius 2 is 2.17 bits per heavy atom. The molecule has 5 atom stereocenters. The van der Waals surface area contributed by atoms with E-state index in [1.807, 2.05) is 0 Å². The van der Waals surface area contributed by atoms with Crippen LogP contribution in [0.1, 0.15) is 39.5 Å². The highest BCUT2D eigenvalue weighted by Crippen LogP contribution is 2.59. The molecule has 0 aromatic carbocycles. The van der Waals surface area contributed by atoms with Crippen molar-refractivity contribution in [1.82, 2.24) is 4.90 Å². The zero-order valence-electron chi connectivity index (χ0n) is 16.8. The molecule has 3 aliphatic rings. The third kappa shape index (κ3) is 5.12. The van der Waals surface area contributed by atoms with Crippen molar-refractivity contribution in [2.75, 3.05) is 19.8 Å². The maximum absolute atomic E-state index is 12.8. The van der Waals surface area contributed by atoms with E-state index in [1.54, 1.807) is 13.8 Å². The van der Waals surface area contributed by atoms with Crippen LogP contribution in [0.5, 0.6) is 0 Å². The summed E-state index contributed by atoms with van der Waals surface area (Å²) in [5, 5.41) is 0. The molecule has 1 amide bonds. The van der Waals surface area contributed by atoms with Gasteiger partial charge in [-0.25, -0.2) is 4.57 Å². The zero-order valence-corrected chi connectivity index (χ0v) is 18.4. The van der Waals surface area contributed by atoms with Gasteiger partial charge in [0.1, 0.15) is 17.1 Å². The predicted octanol–water partition coefficient (Wildman–Crippen LogP) is 2.30. The van der Waals surface area contributed by atoms with Crippen molar-refractivity contribution < 1.29 is 42.0 Å². The summed E-state index contributed by atoms with van der Waals surface area (Å²) in [7, 11) is -3.89. The zero-order chi connectivity index (χ0) is 21.9. The van der Waals surface area contributed by atoms with Crippen molar-refractivity contribution in [3.8, 4) is 0 Å². The number of phosphoric ester groups is 1. The van der Waals surface area contributed by atoms with Crippen LogP contribution in [0, 0.1) is 0 Å². The molecule has 2 fully saturated rings. The average molecular weight is 466 g/mol. The molecule has 3 rings (SSSR count). The lowest BCUT2D eigenvalue weighted by Gasteiger charge is -2.36. The van der Waals surface area contributed by atoms with E-state index in [2.05, 4.69) is 0 Å². The minimum absolute atomic E-state index is 0.0623. The smallest absolute Gasteiger partial charge is 0.466 e. The summed E-state index contributed by atoms with van der Waals surface area (Å²) in [5.41, 5.74) is 0. The monoisotopic (exact) mass is 465 g/mol. The second kappa shape index (κ2) is 9.46. The molecule has 10 nitrogen and oxygen atoms in total. The average Bonchev–Trinajstić information content (AvgIpc) is 2.92. The van der Waals surface area contributed by atoms with E-state index in [-0.39, 0.29) is 37.8 Å². The molecule has 0 radical (unpaired) electrons. The number of ether oxygens (including phenoxy) is 2. The highest BCUT2D eigenvalue weighted by atomic mass is 35.5. The molecule has 0 unspecified atom stereocenters. The number of unbranched alkanes of at least 4 members (excludes halogenated alkanes) is 1. The third-order valence-corrected chi connectivity index (χ3v) is 6.79.